The molecule has 19 heavy (non-hydrogen) atoms. The van der Waals surface area contributed by atoms with Gasteiger partial charge in [0, 0.05) is 33.2 Å². The molecule has 1 aliphatic heterocycles. The van der Waals surface area contributed by atoms with Gasteiger partial charge in [-0.2, -0.15) is 4.98 Å². The minimum atomic E-state index is 0.0113. The van der Waals surface area contributed by atoms with Crippen LogP contribution in [0.3, 0.4) is 0 Å². The summed E-state index contributed by atoms with van der Waals surface area (Å²) in [4.78, 5) is 17.7. The number of nitrogens with zero attached hydrogens (tertiary/aromatic N) is 3. The van der Waals surface area contributed by atoms with Gasteiger partial charge in [-0.1, -0.05) is 5.16 Å². The summed E-state index contributed by atoms with van der Waals surface area (Å²) in [6.07, 6.45) is 0.639. The van der Waals surface area contributed by atoms with Crippen LogP contribution in [0.5, 0.6) is 0 Å². The number of carbonyl (C=O) groups is 1. The third-order valence-corrected chi connectivity index (χ3v) is 3.03. The van der Waals surface area contributed by atoms with Gasteiger partial charge in [0.05, 0.1) is 12.5 Å². The minimum absolute atomic E-state index is 0.0113. The maximum atomic E-state index is 11.6. The van der Waals surface area contributed by atoms with Crippen molar-refractivity contribution < 1.29 is 18.8 Å². The van der Waals surface area contributed by atoms with Crippen molar-refractivity contribution in [1.82, 2.24) is 15.0 Å². The first kappa shape index (κ1) is 14.0. The molecule has 1 fully saturated rings. The zero-order valence-corrected chi connectivity index (χ0v) is 11.3. The highest BCUT2D eigenvalue weighted by molar-refractivity contribution is 5.78. The van der Waals surface area contributed by atoms with Crippen LogP contribution in [0, 0.1) is 0 Å². The lowest BCUT2D eigenvalue weighted by atomic mass is 10.0. The highest BCUT2D eigenvalue weighted by atomic mass is 16.5. The number of carbonyl (C=O) groups excluding carboxylic acids is 1. The van der Waals surface area contributed by atoms with Gasteiger partial charge in [-0.25, -0.2) is 0 Å². The second-order valence-corrected chi connectivity index (χ2v) is 4.42. The molecule has 0 aliphatic carbocycles. The summed E-state index contributed by atoms with van der Waals surface area (Å²) in [6.45, 7) is 4.38. The van der Waals surface area contributed by atoms with Crippen molar-refractivity contribution in [2.75, 3.05) is 40.0 Å². The van der Waals surface area contributed by atoms with E-state index in [9.17, 15) is 4.79 Å². The third kappa shape index (κ3) is 3.51. The zero-order chi connectivity index (χ0) is 13.7. The molecule has 0 spiro atoms. The van der Waals surface area contributed by atoms with Crippen molar-refractivity contribution in [3.05, 3.63) is 11.7 Å². The number of rotatable bonds is 7. The summed E-state index contributed by atoms with van der Waals surface area (Å²) in [7, 11) is 1.63. The number of amides is 1. The molecule has 0 bridgehead atoms. The molecule has 0 atom stereocenters. The Bertz CT molecular complexity index is 415. The third-order valence-electron chi connectivity index (χ3n) is 3.03. The van der Waals surface area contributed by atoms with Crippen LogP contribution in [0.15, 0.2) is 4.52 Å². The fourth-order valence-electron chi connectivity index (χ4n) is 1.85. The average molecular weight is 269 g/mol. The Balaban J connectivity index is 1.76. The van der Waals surface area contributed by atoms with E-state index in [-0.39, 0.29) is 18.4 Å². The number of hydrogen-bond acceptors (Lipinski definition) is 6. The van der Waals surface area contributed by atoms with Crippen molar-refractivity contribution >= 4 is 5.91 Å². The maximum absolute atomic E-state index is 11.6. The van der Waals surface area contributed by atoms with Crippen molar-refractivity contribution in [1.29, 1.82) is 0 Å². The number of aromatic nitrogens is 2. The van der Waals surface area contributed by atoms with Crippen LogP contribution >= 0.6 is 0 Å². The molecule has 106 valence electrons. The Kier molecular flexibility index (Phi) is 4.86. The summed E-state index contributed by atoms with van der Waals surface area (Å²) in [5.41, 5.74) is 0. The van der Waals surface area contributed by atoms with Gasteiger partial charge in [0.15, 0.2) is 5.82 Å². The van der Waals surface area contributed by atoms with Crippen molar-refractivity contribution in [2.24, 2.45) is 0 Å². The second-order valence-electron chi connectivity index (χ2n) is 4.42. The van der Waals surface area contributed by atoms with Gasteiger partial charge in [-0.05, 0) is 6.92 Å². The SMILES string of the molecule is CCOCC(=O)N1CC(c2nc(CCOC)no2)C1. The van der Waals surface area contributed by atoms with Gasteiger partial charge in [0.25, 0.3) is 0 Å². The van der Waals surface area contributed by atoms with Gasteiger partial charge >= 0.3 is 0 Å². The molecular formula is C12H19N3O4. The molecule has 0 unspecified atom stereocenters. The number of ether oxygens (including phenoxy) is 2. The second kappa shape index (κ2) is 6.63. The molecule has 1 aromatic rings. The van der Waals surface area contributed by atoms with Gasteiger partial charge in [0.1, 0.15) is 6.61 Å². The van der Waals surface area contributed by atoms with E-state index in [4.69, 9.17) is 14.0 Å². The van der Waals surface area contributed by atoms with Crippen LogP contribution in [-0.4, -0.2) is 61.0 Å². The number of methoxy groups -OCH3 is 1. The number of hydrogen-bond donors (Lipinski definition) is 0. The van der Waals surface area contributed by atoms with Crippen LogP contribution in [0.4, 0.5) is 0 Å². The molecular weight excluding hydrogens is 250 g/mol. The molecule has 0 saturated carbocycles. The van der Waals surface area contributed by atoms with Gasteiger partial charge < -0.3 is 18.9 Å². The quantitative estimate of drug-likeness (QED) is 0.704. The molecule has 2 heterocycles. The molecule has 0 aromatic carbocycles. The zero-order valence-electron chi connectivity index (χ0n) is 11.3. The van der Waals surface area contributed by atoms with E-state index < -0.39 is 0 Å². The van der Waals surface area contributed by atoms with E-state index in [0.717, 1.165) is 0 Å². The van der Waals surface area contributed by atoms with E-state index in [1.165, 1.54) is 0 Å². The smallest absolute Gasteiger partial charge is 0.248 e. The Morgan fingerprint density at radius 1 is 1.53 bits per heavy atom. The summed E-state index contributed by atoms with van der Waals surface area (Å²) in [5.74, 6) is 1.41. The standard InChI is InChI=1S/C12H19N3O4/c1-3-18-8-11(16)15-6-9(7-15)12-13-10(14-19-12)4-5-17-2/h9H,3-8H2,1-2H3. The van der Waals surface area contributed by atoms with E-state index in [0.29, 0.717) is 44.4 Å². The van der Waals surface area contributed by atoms with Crippen LogP contribution in [-0.2, 0) is 20.7 Å². The Morgan fingerprint density at radius 2 is 2.32 bits per heavy atom. The molecule has 1 aromatic heterocycles. The molecule has 0 radical (unpaired) electrons. The Morgan fingerprint density at radius 3 is 3.00 bits per heavy atom. The molecule has 1 amide bonds. The molecule has 1 saturated heterocycles. The molecule has 1 aliphatic rings. The Hall–Kier alpha value is -1.47. The summed E-state index contributed by atoms with van der Waals surface area (Å²) < 4.78 is 15.2. The Labute approximate surface area is 111 Å². The minimum Gasteiger partial charge on any atom is -0.384 e. The van der Waals surface area contributed by atoms with Crippen molar-refractivity contribution in [3.63, 3.8) is 0 Å². The lowest BCUT2D eigenvalue weighted by Crippen LogP contribution is -2.49. The van der Waals surface area contributed by atoms with E-state index in [1.807, 2.05) is 6.92 Å². The van der Waals surface area contributed by atoms with Crippen LogP contribution in [0.2, 0.25) is 0 Å². The predicted octanol–water partition coefficient (Wildman–Crippen LogP) is 0.221. The van der Waals surface area contributed by atoms with Gasteiger partial charge in [-0.15, -0.1) is 0 Å². The van der Waals surface area contributed by atoms with E-state index in [1.54, 1.807) is 12.0 Å². The topological polar surface area (TPSA) is 77.7 Å². The van der Waals surface area contributed by atoms with Crippen LogP contribution < -0.4 is 0 Å². The average Bonchev–Trinajstić information content (AvgIpc) is 2.80. The van der Waals surface area contributed by atoms with Crippen LogP contribution in [0.1, 0.15) is 24.6 Å². The van der Waals surface area contributed by atoms with Crippen LogP contribution in [0.25, 0.3) is 0 Å². The molecule has 7 nitrogen and oxygen atoms in total. The van der Waals surface area contributed by atoms with Crippen molar-refractivity contribution in [2.45, 2.75) is 19.3 Å². The highest BCUT2D eigenvalue weighted by Crippen LogP contribution is 2.25. The first-order valence-electron chi connectivity index (χ1n) is 6.41. The van der Waals surface area contributed by atoms with Crippen molar-refractivity contribution in [3.8, 4) is 0 Å². The normalized spacial score (nSPS) is 15.6. The largest absolute Gasteiger partial charge is 0.384 e. The van der Waals surface area contributed by atoms with Gasteiger partial charge in [0.2, 0.25) is 11.8 Å². The number of likely N-dealkylation sites (tertiary alicyclic amines) is 1. The van der Waals surface area contributed by atoms with E-state index >= 15 is 0 Å². The fourth-order valence-corrected chi connectivity index (χ4v) is 1.85. The predicted molar refractivity (Wildman–Crippen MR) is 65.7 cm³/mol. The highest BCUT2D eigenvalue weighted by Gasteiger charge is 2.35. The lowest BCUT2D eigenvalue weighted by molar-refractivity contribution is -0.140. The first-order chi connectivity index (χ1) is 9.24. The molecule has 0 N–H and O–H groups in total. The summed E-state index contributed by atoms with van der Waals surface area (Å²) >= 11 is 0. The maximum Gasteiger partial charge on any atom is 0.248 e. The van der Waals surface area contributed by atoms with Gasteiger partial charge in [-0.3, -0.25) is 4.79 Å². The summed E-state index contributed by atoms with van der Waals surface area (Å²) in [5, 5.41) is 3.88. The monoisotopic (exact) mass is 269 g/mol. The lowest BCUT2D eigenvalue weighted by Gasteiger charge is -2.36. The molecule has 7 heteroatoms. The summed E-state index contributed by atoms with van der Waals surface area (Å²) in [6, 6.07) is 0. The fraction of sp³-hybridized carbons (Fsp3) is 0.750. The first-order valence-corrected chi connectivity index (χ1v) is 6.41. The van der Waals surface area contributed by atoms with E-state index in [2.05, 4.69) is 10.1 Å². The molecule has 2 rings (SSSR count).